The van der Waals surface area contributed by atoms with Crippen LogP contribution in [0.15, 0.2) is 30.5 Å². The van der Waals surface area contributed by atoms with E-state index in [9.17, 15) is 14.7 Å². The van der Waals surface area contributed by atoms with Crippen LogP contribution in [0.5, 0.6) is 0 Å². The molecule has 1 saturated carbocycles. The highest BCUT2D eigenvalue weighted by Crippen LogP contribution is 2.27. The lowest BCUT2D eigenvalue weighted by Crippen LogP contribution is -2.37. The Morgan fingerprint density at radius 1 is 1.41 bits per heavy atom. The summed E-state index contributed by atoms with van der Waals surface area (Å²) in [5.74, 6) is 4.88. The van der Waals surface area contributed by atoms with Gasteiger partial charge in [-0.25, -0.2) is 9.97 Å². The van der Waals surface area contributed by atoms with Crippen molar-refractivity contribution in [3.63, 3.8) is 0 Å². The number of hydrogen-bond acceptors (Lipinski definition) is 6. The van der Waals surface area contributed by atoms with Gasteiger partial charge in [0.25, 0.3) is 11.8 Å². The number of nitrogens with two attached hydrogens (primary N) is 1. The Morgan fingerprint density at radius 3 is 2.86 bits per heavy atom. The summed E-state index contributed by atoms with van der Waals surface area (Å²) in [5, 5.41) is 13.6. The quantitative estimate of drug-likeness (QED) is 0.662. The molecule has 0 spiro atoms. The molecule has 4 rings (SSSR count). The van der Waals surface area contributed by atoms with Crippen molar-refractivity contribution in [3.8, 4) is 23.2 Å². The zero-order valence-electron chi connectivity index (χ0n) is 16.0. The number of nitrogens with one attached hydrogen (secondary N) is 1. The third-order valence-electron chi connectivity index (χ3n) is 5.00. The Labute approximate surface area is 168 Å². The van der Waals surface area contributed by atoms with E-state index in [0.717, 1.165) is 12.8 Å². The van der Waals surface area contributed by atoms with E-state index in [1.54, 1.807) is 37.5 Å². The Balaban J connectivity index is 1.62. The van der Waals surface area contributed by atoms with Gasteiger partial charge in [-0.2, -0.15) is 0 Å². The molecule has 148 valence electrons. The van der Waals surface area contributed by atoms with Gasteiger partial charge in [-0.15, -0.1) is 0 Å². The van der Waals surface area contributed by atoms with Crippen LogP contribution in [0.25, 0.3) is 11.4 Å². The number of carbonyl (C=O) groups excluding carboxylic acids is 2. The lowest BCUT2D eigenvalue weighted by atomic mass is 10.0. The molecule has 1 aliphatic carbocycles. The molecule has 1 aromatic heterocycles. The SMILES string of the molecule is CN1CC[C@@](O)(C#Cc2cccc(-c3ncc(NC4CC4)c(C(N)=O)n3)c2)C1=O. The fourth-order valence-electron chi connectivity index (χ4n) is 3.14. The normalized spacial score (nSPS) is 20.9. The van der Waals surface area contributed by atoms with Gasteiger partial charge in [0.15, 0.2) is 11.5 Å². The van der Waals surface area contributed by atoms with Gasteiger partial charge in [0.05, 0.1) is 11.9 Å². The van der Waals surface area contributed by atoms with Gasteiger partial charge in [0.1, 0.15) is 0 Å². The van der Waals surface area contributed by atoms with E-state index in [1.165, 1.54) is 4.90 Å². The lowest BCUT2D eigenvalue weighted by Gasteiger charge is -2.13. The fraction of sp³-hybridized carbons (Fsp3) is 0.333. The standard InChI is InChI=1S/C21H21N5O3/c1-26-10-9-21(29,20(26)28)8-7-13-3-2-4-14(11-13)19-23-12-16(24-15-5-6-15)17(25-19)18(22)27/h2-4,11-12,15,24,29H,5-6,9-10H2,1H3,(H2,22,27)/t21-/m0/s1. The predicted molar refractivity (Wildman–Crippen MR) is 107 cm³/mol. The van der Waals surface area contributed by atoms with Crippen LogP contribution in [-0.4, -0.2) is 57.0 Å². The first-order valence-corrected chi connectivity index (χ1v) is 9.41. The summed E-state index contributed by atoms with van der Waals surface area (Å²) in [6.07, 6.45) is 3.93. The molecule has 1 aliphatic heterocycles. The summed E-state index contributed by atoms with van der Waals surface area (Å²) in [5.41, 5.74) is 5.76. The van der Waals surface area contributed by atoms with Crippen LogP contribution in [0.1, 0.15) is 35.3 Å². The van der Waals surface area contributed by atoms with E-state index in [2.05, 4.69) is 27.1 Å². The molecule has 2 fully saturated rings. The summed E-state index contributed by atoms with van der Waals surface area (Å²) >= 11 is 0. The van der Waals surface area contributed by atoms with Crippen molar-refractivity contribution in [3.05, 3.63) is 41.7 Å². The van der Waals surface area contributed by atoms with Gasteiger partial charge < -0.3 is 21.1 Å². The zero-order chi connectivity index (χ0) is 20.6. The number of likely N-dealkylation sites (tertiary alicyclic amines) is 1. The molecule has 1 atom stereocenters. The summed E-state index contributed by atoms with van der Waals surface area (Å²) < 4.78 is 0. The highest BCUT2D eigenvalue weighted by atomic mass is 16.3. The van der Waals surface area contributed by atoms with Crippen LogP contribution in [0, 0.1) is 11.8 Å². The molecule has 4 N–H and O–H groups in total. The number of hydrogen-bond donors (Lipinski definition) is 3. The van der Waals surface area contributed by atoms with Crippen LogP contribution in [0.2, 0.25) is 0 Å². The number of rotatable bonds is 4. The van der Waals surface area contributed by atoms with Crippen LogP contribution in [0.4, 0.5) is 5.69 Å². The van der Waals surface area contributed by atoms with Crippen molar-refractivity contribution in [2.45, 2.75) is 30.9 Å². The number of benzene rings is 1. The smallest absolute Gasteiger partial charge is 0.269 e. The van der Waals surface area contributed by atoms with Crippen molar-refractivity contribution >= 4 is 17.5 Å². The number of anilines is 1. The molecule has 29 heavy (non-hydrogen) atoms. The van der Waals surface area contributed by atoms with Crippen LogP contribution >= 0.6 is 0 Å². The lowest BCUT2D eigenvalue weighted by molar-refractivity contribution is -0.137. The van der Waals surface area contributed by atoms with E-state index in [-0.39, 0.29) is 12.1 Å². The largest absolute Gasteiger partial charge is 0.379 e. The van der Waals surface area contributed by atoms with Gasteiger partial charge >= 0.3 is 0 Å². The Morgan fingerprint density at radius 2 is 2.21 bits per heavy atom. The van der Waals surface area contributed by atoms with Crippen LogP contribution < -0.4 is 11.1 Å². The first-order chi connectivity index (χ1) is 13.9. The minimum Gasteiger partial charge on any atom is -0.379 e. The van der Waals surface area contributed by atoms with Gasteiger partial charge in [-0.1, -0.05) is 24.0 Å². The molecule has 0 bridgehead atoms. The zero-order valence-corrected chi connectivity index (χ0v) is 16.0. The molecular formula is C21H21N5O3. The van der Waals surface area contributed by atoms with E-state index in [4.69, 9.17) is 5.73 Å². The van der Waals surface area contributed by atoms with E-state index in [0.29, 0.717) is 35.2 Å². The molecule has 0 radical (unpaired) electrons. The predicted octanol–water partition coefficient (Wildman–Crippen LogP) is 0.761. The number of likely N-dealkylation sites (N-methyl/N-ethyl adjacent to an activating group) is 1. The second-order valence-corrected chi connectivity index (χ2v) is 7.41. The molecule has 8 heteroatoms. The fourth-order valence-corrected chi connectivity index (χ4v) is 3.14. The minimum atomic E-state index is -1.66. The molecular weight excluding hydrogens is 370 g/mol. The van der Waals surface area contributed by atoms with Gasteiger partial charge in [0, 0.05) is 37.2 Å². The van der Waals surface area contributed by atoms with Crippen LogP contribution in [-0.2, 0) is 4.79 Å². The molecule has 2 amide bonds. The van der Waals surface area contributed by atoms with Crippen molar-refractivity contribution < 1.29 is 14.7 Å². The molecule has 1 saturated heterocycles. The molecule has 2 aromatic rings. The highest BCUT2D eigenvalue weighted by molar-refractivity contribution is 5.96. The second-order valence-electron chi connectivity index (χ2n) is 7.41. The van der Waals surface area contributed by atoms with Gasteiger partial charge in [-0.05, 0) is 25.0 Å². The van der Waals surface area contributed by atoms with Crippen molar-refractivity contribution in [2.24, 2.45) is 5.73 Å². The molecule has 8 nitrogen and oxygen atoms in total. The maximum absolute atomic E-state index is 12.1. The van der Waals surface area contributed by atoms with Crippen molar-refractivity contribution in [2.75, 3.05) is 18.9 Å². The number of carbonyl (C=O) groups is 2. The van der Waals surface area contributed by atoms with E-state index >= 15 is 0 Å². The minimum absolute atomic E-state index is 0.146. The van der Waals surface area contributed by atoms with Gasteiger partial charge in [0.2, 0.25) is 5.60 Å². The third kappa shape index (κ3) is 3.91. The van der Waals surface area contributed by atoms with Crippen molar-refractivity contribution in [1.82, 2.24) is 14.9 Å². The van der Waals surface area contributed by atoms with Crippen molar-refractivity contribution in [1.29, 1.82) is 0 Å². The first kappa shape index (κ1) is 18.9. The number of primary amides is 1. The Hall–Kier alpha value is -3.44. The number of nitrogens with zero attached hydrogens (tertiary/aromatic N) is 3. The summed E-state index contributed by atoms with van der Waals surface area (Å²) in [6, 6.07) is 7.41. The molecule has 0 unspecified atom stereocenters. The number of aromatic nitrogens is 2. The summed E-state index contributed by atoms with van der Waals surface area (Å²) in [7, 11) is 1.64. The highest BCUT2D eigenvalue weighted by Gasteiger charge is 2.42. The topological polar surface area (TPSA) is 121 Å². The molecule has 1 aromatic carbocycles. The van der Waals surface area contributed by atoms with E-state index < -0.39 is 17.4 Å². The Bertz CT molecular complexity index is 1050. The number of aliphatic hydroxyl groups is 1. The van der Waals surface area contributed by atoms with Gasteiger partial charge in [-0.3, -0.25) is 9.59 Å². The summed E-state index contributed by atoms with van der Waals surface area (Å²) in [6.45, 7) is 0.467. The van der Waals surface area contributed by atoms with E-state index in [1.807, 2.05) is 0 Å². The second kappa shape index (κ2) is 7.18. The average Bonchev–Trinajstić information content (AvgIpc) is 3.50. The first-order valence-electron chi connectivity index (χ1n) is 9.41. The third-order valence-corrected chi connectivity index (χ3v) is 5.00. The maximum atomic E-state index is 12.1. The average molecular weight is 391 g/mol. The number of amides is 2. The monoisotopic (exact) mass is 391 g/mol. The Kier molecular flexibility index (Phi) is 4.68. The maximum Gasteiger partial charge on any atom is 0.269 e. The molecule has 2 aliphatic rings. The molecule has 2 heterocycles. The van der Waals surface area contributed by atoms with Crippen LogP contribution in [0.3, 0.4) is 0 Å². The summed E-state index contributed by atoms with van der Waals surface area (Å²) in [4.78, 5) is 34.0.